The minimum Gasteiger partial charge on any atom is -0.348 e. The summed E-state index contributed by atoms with van der Waals surface area (Å²) in [4.78, 5) is 45.4. The fraction of sp³-hybridized carbons (Fsp3) is 0.292. The standard InChI is InChI=1S/C24H23ClN8O3/c25-17-7-5-15(6-8-17)14-27-23(35)18-13-16-3-1-10-26-22(16)33(24(18)36)12-9-20(34)32-11-2-4-19(32)21-28-30-31-29-21/h1,3,5-8,10,13,19H,2,4,9,11-12,14H2,(H,27,35)(H,28,29,30,31)/t19-/m0/s1. The number of fused-ring (bicyclic) bond motifs is 1. The highest BCUT2D eigenvalue weighted by atomic mass is 35.5. The molecule has 184 valence electrons. The zero-order valence-electron chi connectivity index (χ0n) is 19.2. The normalized spacial score (nSPS) is 15.4. The van der Waals surface area contributed by atoms with E-state index in [0.717, 1.165) is 18.4 Å². The van der Waals surface area contributed by atoms with Gasteiger partial charge in [0.05, 0.1) is 6.04 Å². The van der Waals surface area contributed by atoms with Gasteiger partial charge in [-0.1, -0.05) is 28.9 Å². The summed E-state index contributed by atoms with van der Waals surface area (Å²) in [5.74, 6) is -0.155. The molecule has 2 N–H and O–H groups in total. The molecule has 1 aliphatic rings. The molecule has 1 fully saturated rings. The van der Waals surface area contributed by atoms with Gasteiger partial charge in [-0.15, -0.1) is 10.2 Å². The number of amides is 2. The third-order valence-electron chi connectivity index (χ3n) is 6.24. The molecule has 11 nitrogen and oxygen atoms in total. The van der Waals surface area contributed by atoms with Crippen molar-refractivity contribution in [2.45, 2.75) is 38.4 Å². The lowest BCUT2D eigenvalue weighted by atomic mass is 10.1. The molecule has 2 amide bonds. The number of hydrogen-bond donors (Lipinski definition) is 2. The van der Waals surface area contributed by atoms with Gasteiger partial charge >= 0.3 is 0 Å². The van der Waals surface area contributed by atoms with Crippen molar-refractivity contribution < 1.29 is 9.59 Å². The summed E-state index contributed by atoms with van der Waals surface area (Å²) >= 11 is 5.92. The first-order chi connectivity index (χ1) is 17.5. The van der Waals surface area contributed by atoms with Crippen LogP contribution in [-0.4, -0.2) is 53.4 Å². The number of halogens is 1. The number of H-pyrrole nitrogens is 1. The van der Waals surface area contributed by atoms with Gasteiger partial charge in [0.15, 0.2) is 5.82 Å². The van der Waals surface area contributed by atoms with Crippen molar-refractivity contribution in [2.75, 3.05) is 6.54 Å². The van der Waals surface area contributed by atoms with E-state index in [0.29, 0.717) is 28.4 Å². The molecule has 12 heteroatoms. The number of carbonyl (C=O) groups is 2. The fourth-order valence-corrected chi connectivity index (χ4v) is 4.58. The number of carbonyl (C=O) groups excluding carboxylic acids is 2. The number of tetrazole rings is 1. The average Bonchev–Trinajstić information content (AvgIpc) is 3.59. The van der Waals surface area contributed by atoms with Crippen LogP contribution in [0.5, 0.6) is 0 Å². The summed E-state index contributed by atoms with van der Waals surface area (Å²) in [5.41, 5.74) is 0.755. The first kappa shape index (κ1) is 23.6. The molecule has 0 bridgehead atoms. The van der Waals surface area contributed by atoms with E-state index in [1.165, 1.54) is 10.6 Å². The van der Waals surface area contributed by atoms with Crippen molar-refractivity contribution in [1.82, 2.24) is 40.4 Å². The van der Waals surface area contributed by atoms with E-state index >= 15 is 0 Å². The summed E-state index contributed by atoms with van der Waals surface area (Å²) < 4.78 is 1.39. The minimum absolute atomic E-state index is 0.0113. The van der Waals surface area contributed by atoms with Crippen LogP contribution in [0, 0.1) is 0 Å². The highest BCUT2D eigenvalue weighted by Crippen LogP contribution is 2.29. The van der Waals surface area contributed by atoms with Crippen molar-refractivity contribution in [2.24, 2.45) is 0 Å². The van der Waals surface area contributed by atoms with E-state index in [-0.39, 0.29) is 37.0 Å². The van der Waals surface area contributed by atoms with Gasteiger partial charge in [-0.2, -0.15) is 5.21 Å². The van der Waals surface area contributed by atoms with E-state index in [2.05, 4.69) is 30.9 Å². The maximum absolute atomic E-state index is 13.4. The van der Waals surface area contributed by atoms with Crippen molar-refractivity contribution in [3.05, 3.63) is 81.0 Å². The smallest absolute Gasteiger partial charge is 0.265 e. The predicted octanol–water partition coefficient (Wildman–Crippen LogP) is 2.25. The number of nitrogens with zero attached hydrogens (tertiary/aromatic N) is 6. The molecular formula is C24H23ClN8O3. The zero-order chi connectivity index (χ0) is 25.1. The zero-order valence-corrected chi connectivity index (χ0v) is 20.0. The van der Waals surface area contributed by atoms with Gasteiger partial charge in [-0.3, -0.25) is 19.0 Å². The van der Waals surface area contributed by atoms with Crippen LogP contribution in [0.3, 0.4) is 0 Å². The molecule has 1 atom stereocenters. The van der Waals surface area contributed by atoms with E-state index in [4.69, 9.17) is 11.6 Å². The molecule has 0 spiro atoms. The van der Waals surface area contributed by atoms with Crippen LogP contribution in [0.1, 0.15) is 47.1 Å². The van der Waals surface area contributed by atoms with Crippen molar-refractivity contribution in [1.29, 1.82) is 0 Å². The summed E-state index contributed by atoms with van der Waals surface area (Å²) in [5, 5.41) is 18.1. The number of hydrogen-bond acceptors (Lipinski definition) is 7. The number of benzene rings is 1. The Balaban J connectivity index is 1.36. The first-order valence-electron chi connectivity index (χ1n) is 11.6. The lowest BCUT2D eigenvalue weighted by Gasteiger charge is -2.22. The molecule has 1 aromatic carbocycles. The largest absolute Gasteiger partial charge is 0.348 e. The number of aromatic nitrogens is 6. The topological polar surface area (TPSA) is 139 Å². The van der Waals surface area contributed by atoms with Crippen molar-refractivity contribution in [3.8, 4) is 0 Å². The quantitative estimate of drug-likeness (QED) is 0.392. The van der Waals surface area contributed by atoms with E-state index in [9.17, 15) is 14.4 Å². The lowest BCUT2D eigenvalue weighted by molar-refractivity contribution is -0.132. The third-order valence-corrected chi connectivity index (χ3v) is 6.49. The van der Waals surface area contributed by atoms with Gasteiger partial charge < -0.3 is 10.2 Å². The molecule has 5 rings (SSSR count). The van der Waals surface area contributed by atoms with Crippen LogP contribution < -0.4 is 10.9 Å². The summed E-state index contributed by atoms with van der Waals surface area (Å²) in [7, 11) is 0. The van der Waals surface area contributed by atoms with Gasteiger partial charge in [0.2, 0.25) is 5.91 Å². The highest BCUT2D eigenvalue weighted by Gasteiger charge is 2.32. The Morgan fingerprint density at radius 1 is 1.19 bits per heavy atom. The Morgan fingerprint density at radius 2 is 2.03 bits per heavy atom. The molecule has 3 aromatic heterocycles. The van der Waals surface area contributed by atoms with E-state index in [1.54, 1.807) is 47.5 Å². The second-order valence-corrected chi connectivity index (χ2v) is 8.94. The second-order valence-electron chi connectivity index (χ2n) is 8.51. The molecule has 1 saturated heterocycles. The molecule has 0 unspecified atom stereocenters. The van der Waals surface area contributed by atoms with Gasteiger partial charge in [0.25, 0.3) is 11.5 Å². The molecule has 0 radical (unpaired) electrons. The Kier molecular flexibility index (Phi) is 6.72. The molecular weight excluding hydrogens is 484 g/mol. The Labute approximate surface area is 210 Å². The monoisotopic (exact) mass is 506 g/mol. The average molecular weight is 507 g/mol. The van der Waals surface area contributed by atoms with Crippen LogP contribution in [-0.2, 0) is 17.9 Å². The molecule has 4 aromatic rings. The first-order valence-corrected chi connectivity index (χ1v) is 11.9. The Hall–Kier alpha value is -4.12. The van der Waals surface area contributed by atoms with Crippen LogP contribution in [0.2, 0.25) is 5.02 Å². The Bertz CT molecular complexity index is 1450. The number of nitrogens with one attached hydrogen (secondary N) is 2. The highest BCUT2D eigenvalue weighted by molar-refractivity contribution is 6.30. The van der Waals surface area contributed by atoms with E-state index < -0.39 is 11.5 Å². The number of rotatable bonds is 7. The maximum atomic E-state index is 13.4. The van der Waals surface area contributed by atoms with Crippen LogP contribution in [0.15, 0.2) is 53.5 Å². The second kappa shape index (κ2) is 10.2. The molecule has 1 aliphatic heterocycles. The number of aromatic amines is 1. The van der Waals surface area contributed by atoms with Crippen LogP contribution in [0.25, 0.3) is 11.0 Å². The van der Waals surface area contributed by atoms with Gasteiger partial charge in [-0.05, 0) is 48.7 Å². The van der Waals surface area contributed by atoms with Crippen molar-refractivity contribution in [3.63, 3.8) is 0 Å². The summed E-state index contributed by atoms with van der Waals surface area (Å²) in [6.45, 7) is 0.906. The molecule has 0 aliphatic carbocycles. The summed E-state index contributed by atoms with van der Waals surface area (Å²) in [6.07, 6.45) is 3.22. The van der Waals surface area contributed by atoms with Crippen molar-refractivity contribution >= 4 is 34.4 Å². The Morgan fingerprint density at radius 3 is 2.81 bits per heavy atom. The fourth-order valence-electron chi connectivity index (χ4n) is 4.45. The SMILES string of the molecule is O=C(NCc1ccc(Cl)cc1)c1cc2cccnc2n(CCC(=O)N2CCC[C@H]2c2nn[nH]n2)c1=O. The number of aryl methyl sites for hydroxylation is 1. The van der Waals surface area contributed by atoms with Crippen LogP contribution in [0.4, 0.5) is 0 Å². The molecule has 0 saturated carbocycles. The number of likely N-dealkylation sites (tertiary alicyclic amines) is 1. The summed E-state index contributed by atoms with van der Waals surface area (Å²) in [6, 6.07) is 11.9. The van der Waals surface area contributed by atoms with Crippen LogP contribution >= 0.6 is 11.6 Å². The molecule has 36 heavy (non-hydrogen) atoms. The van der Waals surface area contributed by atoms with Gasteiger partial charge in [0, 0.05) is 42.7 Å². The minimum atomic E-state index is -0.502. The van der Waals surface area contributed by atoms with Gasteiger partial charge in [-0.25, -0.2) is 4.98 Å². The molecule has 4 heterocycles. The van der Waals surface area contributed by atoms with E-state index in [1.807, 2.05) is 0 Å². The third kappa shape index (κ3) is 4.82. The lowest BCUT2D eigenvalue weighted by Crippen LogP contribution is -2.35. The predicted molar refractivity (Wildman–Crippen MR) is 131 cm³/mol. The van der Waals surface area contributed by atoms with Gasteiger partial charge in [0.1, 0.15) is 11.2 Å². The maximum Gasteiger partial charge on any atom is 0.265 e. The number of pyridine rings is 2.